The molecule has 10 nitrogen and oxygen atoms in total. The Bertz CT molecular complexity index is 915. The van der Waals surface area contributed by atoms with Crippen LogP contribution < -0.4 is 9.39 Å². The summed E-state index contributed by atoms with van der Waals surface area (Å²) in [6.07, 6.45) is 2.78. The number of nitrogens with zero attached hydrogens (tertiary/aromatic N) is 3. The fourth-order valence-corrected chi connectivity index (χ4v) is 4.41. The van der Waals surface area contributed by atoms with Crippen LogP contribution in [-0.4, -0.2) is 67.2 Å². The van der Waals surface area contributed by atoms with Crippen LogP contribution in [0.5, 0.6) is 11.5 Å². The van der Waals surface area contributed by atoms with Gasteiger partial charge in [0.05, 0.1) is 12.3 Å². The number of H-pyrrole nitrogens is 1. The molecule has 0 bridgehead atoms. The molecule has 3 aliphatic rings. The van der Waals surface area contributed by atoms with Crippen molar-refractivity contribution in [3.05, 3.63) is 35.4 Å². The Kier molecular flexibility index (Phi) is 3.86. The number of fused-ring (bicyclic) bond motifs is 3. The zero-order valence-electron chi connectivity index (χ0n) is 15.0. The number of rotatable bonds is 5. The van der Waals surface area contributed by atoms with Crippen LogP contribution in [0.3, 0.4) is 0 Å². The number of hydrogen-bond acceptors (Lipinski definition) is 8. The van der Waals surface area contributed by atoms with Crippen molar-refractivity contribution in [3.8, 4) is 11.5 Å². The second kappa shape index (κ2) is 6.19. The summed E-state index contributed by atoms with van der Waals surface area (Å²) in [7, 11) is 0. The van der Waals surface area contributed by atoms with Gasteiger partial charge in [-0.15, -0.1) is 0 Å². The van der Waals surface area contributed by atoms with Gasteiger partial charge < -0.3 is 24.5 Å². The first-order chi connectivity index (χ1) is 13.4. The minimum absolute atomic E-state index is 0.0212. The highest BCUT2D eigenvalue weighted by molar-refractivity contribution is 6.61. The molecule has 2 aliphatic heterocycles. The van der Waals surface area contributed by atoms with Crippen molar-refractivity contribution < 1.29 is 29.3 Å². The average molecular weight is 387 g/mol. The van der Waals surface area contributed by atoms with E-state index in [4.69, 9.17) is 9.39 Å². The standard InChI is InChI=1S/C17H20BN4O6/c23-17(24)15-13(27-9-5-22(6-9)7-14-19-8-20-21-14)4-2-11-10-1-3-12(10)18(25,26)28-16(11)15/h2,4,8-10,12,25-26H,1,3,5-7H2,(H,23,24)(H,19,20,21)/q-1/t10-,12-/m1/s1. The minimum Gasteiger partial charge on any atom is -0.669 e. The molecule has 1 saturated heterocycles. The van der Waals surface area contributed by atoms with Gasteiger partial charge in [0.1, 0.15) is 23.7 Å². The van der Waals surface area contributed by atoms with Crippen molar-refractivity contribution >= 4 is 12.7 Å². The van der Waals surface area contributed by atoms with E-state index in [2.05, 4.69) is 20.1 Å². The lowest BCUT2D eigenvalue weighted by atomic mass is 9.46. The predicted molar refractivity (Wildman–Crippen MR) is 96.0 cm³/mol. The van der Waals surface area contributed by atoms with Gasteiger partial charge in [-0.2, -0.15) is 5.10 Å². The normalized spacial score (nSPS) is 25.6. The highest BCUT2D eigenvalue weighted by Gasteiger charge is 2.50. The Hall–Kier alpha value is -2.63. The van der Waals surface area contributed by atoms with E-state index < -0.39 is 12.7 Å². The number of likely N-dealkylation sites (tertiary alicyclic amines) is 1. The summed E-state index contributed by atoms with van der Waals surface area (Å²) >= 11 is 0. The zero-order chi connectivity index (χ0) is 19.5. The predicted octanol–water partition coefficient (Wildman–Crippen LogP) is 0.330. The van der Waals surface area contributed by atoms with Crippen LogP contribution in [-0.2, 0) is 6.54 Å². The molecule has 0 amide bonds. The highest BCUT2D eigenvalue weighted by Crippen LogP contribution is 2.58. The third-order valence-corrected chi connectivity index (χ3v) is 5.99. The van der Waals surface area contributed by atoms with Gasteiger partial charge in [0.2, 0.25) is 0 Å². The second-order valence-corrected chi connectivity index (χ2v) is 7.74. The number of aromatic amines is 1. The number of benzene rings is 1. The van der Waals surface area contributed by atoms with E-state index in [9.17, 15) is 19.9 Å². The van der Waals surface area contributed by atoms with Gasteiger partial charge in [-0.1, -0.05) is 24.7 Å². The van der Waals surface area contributed by atoms with Crippen LogP contribution >= 0.6 is 0 Å². The summed E-state index contributed by atoms with van der Waals surface area (Å²) in [5.74, 6) is -0.797. The molecule has 4 N–H and O–H groups in total. The molecule has 1 aromatic heterocycles. The summed E-state index contributed by atoms with van der Waals surface area (Å²) in [6.45, 7) is -1.25. The fourth-order valence-electron chi connectivity index (χ4n) is 4.41. The zero-order valence-corrected chi connectivity index (χ0v) is 15.0. The first-order valence-electron chi connectivity index (χ1n) is 9.34. The Morgan fingerprint density at radius 3 is 2.82 bits per heavy atom. The summed E-state index contributed by atoms with van der Waals surface area (Å²) < 4.78 is 11.3. The quantitative estimate of drug-likeness (QED) is 0.534. The summed E-state index contributed by atoms with van der Waals surface area (Å²) in [6, 6.07) is 3.43. The van der Waals surface area contributed by atoms with Gasteiger partial charge in [0.25, 0.3) is 0 Å². The summed E-state index contributed by atoms with van der Waals surface area (Å²) in [5.41, 5.74) is 0.561. The third kappa shape index (κ3) is 2.74. The Morgan fingerprint density at radius 2 is 2.18 bits per heavy atom. The van der Waals surface area contributed by atoms with Gasteiger partial charge in [-0.25, -0.2) is 9.78 Å². The molecule has 0 radical (unpaired) electrons. The van der Waals surface area contributed by atoms with E-state index in [1.54, 1.807) is 12.1 Å². The topological polar surface area (TPSA) is 141 Å². The molecule has 148 valence electrons. The lowest BCUT2D eigenvalue weighted by Gasteiger charge is -2.54. The Balaban J connectivity index is 1.35. The van der Waals surface area contributed by atoms with Crippen LogP contribution in [0.15, 0.2) is 18.5 Å². The molecule has 2 fully saturated rings. The number of nitrogens with one attached hydrogen (secondary N) is 1. The van der Waals surface area contributed by atoms with Crippen molar-refractivity contribution in [2.45, 2.75) is 37.2 Å². The van der Waals surface area contributed by atoms with E-state index in [1.165, 1.54) is 6.33 Å². The van der Waals surface area contributed by atoms with Gasteiger partial charge in [-0.05, 0) is 17.5 Å². The minimum atomic E-state index is -3.07. The van der Waals surface area contributed by atoms with Crippen LogP contribution in [0.2, 0.25) is 5.82 Å². The maximum atomic E-state index is 11.9. The van der Waals surface area contributed by atoms with Crippen molar-refractivity contribution in [2.24, 2.45) is 0 Å². The molecule has 28 heavy (non-hydrogen) atoms. The highest BCUT2D eigenvalue weighted by atomic mass is 16.6. The van der Waals surface area contributed by atoms with Crippen LogP contribution in [0.1, 0.15) is 40.5 Å². The number of carboxylic acid groups (broad SMARTS) is 1. The number of aromatic carboxylic acids is 1. The summed E-state index contributed by atoms with van der Waals surface area (Å²) in [5, 5.41) is 36.9. The lowest BCUT2D eigenvalue weighted by molar-refractivity contribution is 0.0119. The molecular weight excluding hydrogens is 367 g/mol. The molecule has 1 aromatic carbocycles. The largest absolute Gasteiger partial charge is 0.669 e. The summed E-state index contributed by atoms with van der Waals surface area (Å²) in [4.78, 5) is 18.1. The molecule has 2 aromatic rings. The van der Waals surface area contributed by atoms with Gasteiger partial charge in [0, 0.05) is 13.1 Å². The molecular formula is C17H20BN4O6-. The smallest absolute Gasteiger partial charge is 0.434 e. The molecule has 1 aliphatic carbocycles. The molecule has 0 spiro atoms. The molecule has 1 saturated carbocycles. The molecule has 3 heterocycles. The van der Waals surface area contributed by atoms with Crippen molar-refractivity contribution in [1.82, 2.24) is 20.1 Å². The maximum Gasteiger partial charge on any atom is 0.434 e. The van der Waals surface area contributed by atoms with E-state index in [0.29, 0.717) is 37.4 Å². The number of aromatic nitrogens is 3. The van der Waals surface area contributed by atoms with E-state index in [0.717, 1.165) is 6.42 Å². The first-order valence-corrected chi connectivity index (χ1v) is 9.34. The van der Waals surface area contributed by atoms with Gasteiger partial charge in [0.15, 0.2) is 5.82 Å². The van der Waals surface area contributed by atoms with Crippen molar-refractivity contribution in [3.63, 3.8) is 0 Å². The Labute approximate surface area is 160 Å². The number of ether oxygens (including phenoxy) is 1. The second-order valence-electron chi connectivity index (χ2n) is 7.74. The SMILES string of the molecule is O=C(O)c1c(OC2CN(Cc3nc[nH]n3)C2)ccc2c1O[B-](O)(O)[C@@H]1CC[C@H]21. The van der Waals surface area contributed by atoms with E-state index >= 15 is 0 Å². The number of hydrogen-bond donors (Lipinski definition) is 4. The van der Waals surface area contributed by atoms with Crippen molar-refractivity contribution in [2.75, 3.05) is 13.1 Å². The Morgan fingerprint density at radius 1 is 1.36 bits per heavy atom. The molecule has 0 unspecified atom stereocenters. The molecule has 11 heteroatoms. The first kappa shape index (κ1) is 17.5. The fraction of sp³-hybridized carbons (Fsp3) is 0.471. The van der Waals surface area contributed by atoms with E-state index in [1.807, 2.05) is 0 Å². The molecule has 2 atom stereocenters. The number of carboxylic acids is 1. The van der Waals surface area contributed by atoms with Gasteiger partial charge in [-0.3, -0.25) is 10.00 Å². The molecule has 5 rings (SSSR count). The van der Waals surface area contributed by atoms with Crippen LogP contribution in [0.4, 0.5) is 0 Å². The lowest BCUT2D eigenvalue weighted by Crippen LogP contribution is -2.55. The van der Waals surface area contributed by atoms with Crippen LogP contribution in [0.25, 0.3) is 0 Å². The third-order valence-electron chi connectivity index (χ3n) is 5.99. The van der Waals surface area contributed by atoms with Crippen molar-refractivity contribution in [1.29, 1.82) is 0 Å². The maximum absolute atomic E-state index is 11.9. The number of carbonyl (C=O) groups is 1. The van der Waals surface area contributed by atoms with Crippen LogP contribution in [0, 0.1) is 0 Å². The van der Waals surface area contributed by atoms with Gasteiger partial charge >= 0.3 is 12.7 Å². The van der Waals surface area contributed by atoms with E-state index in [-0.39, 0.29) is 34.9 Å². The average Bonchev–Trinajstić information content (AvgIpc) is 3.04. The monoisotopic (exact) mass is 387 g/mol.